The van der Waals surface area contributed by atoms with Gasteiger partial charge in [0, 0.05) is 37.5 Å². The first-order chi connectivity index (χ1) is 7.69. The van der Waals surface area contributed by atoms with Crippen molar-refractivity contribution in [2.75, 3.05) is 32.2 Å². The summed E-state index contributed by atoms with van der Waals surface area (Å²) in [6.07, 6.45) is 1.01. The highest BCUT2D eigenvalue weighted by molar-refractivity contribution is 9.10. The van der Waals surface area contributed by atoms with Gasteiger partial charge < -0.3 is 14.7 Å². The quantitative estimate of drug-likeness (QED) is 0.816. The van der Waals surface area contributed by atoms with E-state index in [0.29, 0.717) is 0 Å². The lowest BCUT2D eigenvalue weighted by Crippen LogP contribution is -2.19. The highest BCUT2D eigenvalue weighted by Crippen LogP contribution is 2.23. The average Bonchev–Trinajstić information content (AvgIpc) is 2.29. The number of methoxy groups -OCH3 is 1. The van der Waals surface area contributed by atoms with Crippen molar-refractivity contribution in [3.8, 4) is 0 Å². The zero-order valence-corrected chi connectivity index (χ0v) is 11.3. The Morgan fingerprint density at radius 2 is 2.19 bits per heavy atom. The maximum Gasteiger partial charge on any atom is 0.0692 e. The summed E-state index contributed by atoms with van der Waals surface area (Å²) in [5, 5.41) is 9.06. The van der Waals surface area contributed by atoms with E-state index in [1.807, 2.05) is 18.2 Å². The van der Waals surface area contributed by atoms with Gasteiger partial charge in [-0.2, -0.15) is 0 Å². The molecule has 0 bridgehead atoms. The van der Waals surface area contributed by atoms with Crippen LogP contribution in [0.2, 0.25) is 0 Å². The lowest BCUT2D eigenvalue weighted by molar-refractivity contribution is 0.196. The minimum Gasteiger partial charge on any atom is -0.392 e. The third-order valence-electron chi connectivity index (χ3n) is 2.49. The van der Waals surface area contributed by atoms with E-state index in [1.54, 1.807) is 7.11 Å². The molecule has 0 unspecified atom stereocenters. The van der Waals surface area contributed by atoms with E-state index >= 15 is 0 Å². The topological polar surface area (TPSA) is 32.7 Å². The van der Waals surface area contributed by atoms with E-state index in [1.165, 1.54) is 0 Å². The Morgan fingerprint density at radius 1 is 1.44 bits per heavy atom. The number of benzene rings is 1. The summed E-state index contributed by atoms with van der Waals surface area (Å²) in [5.41, 5.74) is 2.05. The monoisotopic (exact) mass is 287 g/mol. The fourth-order valence-electron chi connectivity index (χ4n) is 1.48. The van der Waals surface area contributed by atoms with Gasteiger partial charge in [-0.15, -0.1) is 0 Å². The number of rotatable bonds is 6. The first-order valence-electron chi connectivity index (χ1n) is 5.28. The van der Waals surface area contributed by atoms with Crippen LogP contribution in [-0.4, -0.2) is 32.4 Å². The predicted octanol–water partition coefficient (Wildman–Crippen LogP) is 2.41. The number of aliphatic hydroxyl groups excluding tert-OH is 1. The molecule has 1 aromatic rings. The van der Waals surface area contributed by atoms with Crippen LogP contribution in [0.25, 0.3) is 0 Å². The molecule has 1 N–H and O–H groups in total. The van der Waals surface area contributed by atoms with Gasteiger partial charge in [-0.05, 0) is 24.1 Å². The highest BCUT2D eigenvalue weighted by atomic mass is 79.9. The minimum absolute atomic E-state index is 0.0637. The lowest BCUT2D eigenvalue weighted by atomic mass is 10.2. The molecule has 1 aromatic carbocycles. The molecule has 0 aromatic heterocycles. The SMILES string of the molecule is COCCCN(C)c1ccc(CO)c(Br)c1. The lowest BCUT2D eigenvalue weighted by Gasteiger charge is -2.20. The van der Waals surface area contributed by atoms with Gasteiger partial charge in [0.05, 0.1) is 6.61 Å². The number of halogens is 1. The second-order valence-electron chi connectivity index (χ2n) is 3.70. The van der Waals surface area contributed by atoms with Crippen molar-refractivity contribution in [1.82, 2.24) is 0 Å². The molecule has 0 radical (unpaired) electrons. The Morgan fingerprint density at radius 3 is 2.75 bits per heavy atom. The third-order valence-corrected chi connectivity index (χ3v) is 3.23. The average molecular weight is 288 g/mol. The summed E-state index contributed by atoms with van der Waals surface area (Å²) in [6.45, 7) is 1.80. The van der Waals surface area contributed by atoms with Gasteiger partial charge in [0.2, 0.25) is 0 Å². The molecule has 0 fully saturated rings. The molecule has 1 rings (SSSR count). The molecular formula is C12H18BrNO2. The van der Waals surface area contributed by atoms with E-state index in [9.17, 15) is 0 Å². The zero-order chi connectivity index (χ0) is 12.0. The summed E-state index contributed by atoms with van der Waals surface area (Å²) in [6, 6.07) is 5.98. The Bertz CT molecular complexity index is 331. The maximum atomic E-state index is 9.06. The zero-order valence-electron chi connectivity index (χ0n) is 9.74. The summed E-state index contributed by atoms with van der Waals surface area (Å²) in [4.78, 5) is 2.17. The van der Waals surface area contributed by atoms with Crippen LogP contribution in [0, 0.1) is 0 Å². The molecular weight excluding hydrogens is 270 g/mol. The van der Waals surface area contributed by atoms with Crippen LogP contribution in [0.3, 0.4) is 0 Å². The molecule has 90 valence electrons. The summed E-state index contributed by atoms with van der Waals surface area (Å²) in [5.74, 6) is 0. The maximum absolute atomic E-state index is 9.06. The Hall–Kier alpha value is -0.580. The number of ether oxygens (including phenoxy) is 1. The number of nitrogens with zero attached hydrogens (tertiary/aromatic N) is 1. The van der Waals surface area contributed by atoms with Crippen molar-refractivity contribution in [3.63, 3.8) is 0 Å². The van der Waals surface area contributed by atoms with Crippen LogP contribution in [0.1, 0.15) is 12.0 Å². The number of aliphatic hydroxyl groups is 1. The molecule has 0 saturated heterocycles. The van der Waals surface area contributed by atoms with E-state index in [-0.39, 0.29) is 6.61 Å². The standard InChI is InChI=1S/C12H18BrNO2/c1-14(6-3-7-16-2)11-5-4-10(9-15)12(13)8-11/h4-5,8,15H,3,6-7,9H2,1-2H3. The Labute approximate surface area is 105 Å². The molecule has 0 aliphatic heterocycles. The van der Waals surface area contributed by atoms with Crippen molar-refractivity contribution < 1.29 is 9.84 Å². The summed E-state index contributed by atoms with van der Waals surface area (Å²) >= 11 is 3.45. The number of hydrogen-bond donors (Lipinski definition) is 1. The van der Waals surface area contributed by atoms with Crippen LogP contribution in [-0.2, 0) is 11.3 Å². The fraction of sp³-hybridized carbons (Fsp3) is 0.500. The highest BCUT2D eigenvalue weighted by Gasteiger charge is 2.04. The van der Waals surface area contributed by atoms with Crippen molar-refractivity contribution in [2.45, 2.75) is 13.0 Å². The molecule has 4 heteroatoms. The van der Waals surface area contributed by atoms with Crippen molar-refractivity contribution in [1.29, 1.82) is 0 Å². The Balaban J connectivity index is 2.62. The largest absolute Gasteiger partial charge is 0.392 e. The van der Waals surface area contributed by atoms with Crippen molar-refractivity contribution in [3.05, 3.63) is 28.2 Å². The minimum atomic E-state index is 0.0637. The van der Waals surface area contributed by atoms with E-state index in [0.717, 1.165) is 35.3 Å². The molecule has 0 aliphatic rings. The van der Waals surface area contributed by atoms with Crippen LogP contribution < -0.4 is 4.90 Å². The molecule has 3 nitrogen and oxygen atoms in total. The molecule has 0 saturated carbocycles. The van der Waals surface area contributed by atoms with Gasteiger partial charge >= 0.3 is 0 Å². The van der Waals surface area contributed by atoms with Gasteiger partial charge in [0.15, 0.2) is 0 Å². The summed E-state index contributed by atoms with van der Waals surface area (Å²) < 4.78 is 5.97. The number of hydrogen-bond acceptors (Lipinski definition) is 3. The molecule has 16 heavy (non-hydrogen) atoms. The van der Waals surface area contributed by atoms with Gasteiger partial charge in [-0.25, -0.2) is 0 Å². The van der Waals surface area contributed by atoms with Crippen molar-refractivity contribution in [2.24, 2.45) is 0 Å². The molecule has 0 spiro atoms. The second-order valence-corrected chi connectivity index (χ2v) is 4.56. The third kappa shape index (κ3) is 3.77. The Kier molecular flexibility index (Phi) is 5.80. The first-order valence-corrected chi connectivity index (χ1v) is 6.07. The van der Waals surface area contributed by atoms with E-state index < -0.39 is 0 Å². The van der Waals surface area contributed by atoms with Gasteiger partial charge in [0.1, 0.15) is 0 Å². The van der Waals surface area contributed by atoms with Crippen LogP contribution in [0.4, 0.5) is 5.69 Å². The number of anilines is 1. The molecule has 0 aliphatic carbocycles. The van der Waals surface area contributed by atoms with E-state index in [4.69, 9.17) is 9.84 Å². The second kappa shape index (κ2) is 6.89. The molecule has 0 amide bonds. The first kappa shape index (κ1) is 13.5. The van der Waals surface area contributed by atoms with Gasteiger partial charge in [0.25, 0.3) is 0 Å². The van der Waals surface area contributed by atoms with Gasteiger partial charge in [-0.1, -0.05) is 22.0 Å². The molecule has 0 atom stereocenters. The van der Waals surface area contributed by atoms with Crippen molar-refractivity contribution >= 4 is 21.6 Å². The fourth-order valence-corrected chi connectivity index (χ4v) is 1.97. The smallest absolute Gasteiger partial charge is 0.0692 e. The normalized spacial score (nSPS) is 10.5. The van der Waals surface area contributed by atoms with Gasteiger partial charge in [-0.3, -0.25) is 0 Å². The van der Waals surface area contributed by atoms with Crippen LogP contribution >= 0.6 is 15.9 Å². The molecule has 0 heterocycles. The summed E-state index contributed by atoms with van der Waals surface area (Å²) in [7, 11) is 3.77. The van der Waals surface area contributed by atoms with E-state index in [2.05, 4.69) is 27.9 Å². The van der Waals surface area contributed by atoms with Crippen LogP contribution in [0.15, 0.2) is 22.7 Å². The predicted molar refractivity (Wildman–Crippen MR) is 69.8 cm³/mol. The van der Waals surface area contributed by atoms with Crippen LogP contribution in [0.5, 0.6) is 0 Å².